The molecule has 1 atom stereocenters. The standard InChI is InChI=1S/C28H33NO2/c1-7-17-29(18-8-1)27-21-22-11-2-3-12-23(22)24(25-13-4-5-14-26(25)27)15-10-20-31-28-16-6-9-19-30-28/h2-5,11-15,21,28H,1,6-10,16-20H2/b24-15-. The Morgan fingerprint density at radius 2 is 1.65 bits per heavy atom. The van der Waals surface area contributed by atoms with E-state index in [1.54, 1.807) is 0 Å². The van der Waals surface area contributed by atoms with Crippen LogP contribution in [0.4, 0.5) is 0 Å². The molecule has 2 heterocycles. The molecule has 2 saturated heterocycles. The van der Waals surface area contributed by atoms with E-state index in [2.05, 4.69) is 65.6 Å². The van der Waals surface area contributed by atoms with Crippen LogP contribution in [0.5, 0.6) is 0 Å². The van der Waals surface area contributed by atoms with Crippen LogP contribution >= 0.6 is 0 Å². The Morgan fingerprint density at radius 1 is 0.871 bits per heavy atom. The van der Waals surface area contributed by atoms with Gasteiger partial charge in [0, 0.05) is 31.0 Å². The lowest BCUT2D eigenvalue weighted by Gasteiger charge is -2.32. The summed E-state index contributed by atoms with van der Waals surface area (Å²) in [7, 11) is 0. The molecular weight excluding hydrogens is 382 g/mol. The van der Waals surface area contributed by atoms with Gasteiger partial charge in [-0.2, -0.15) is 0 Å². The molecule has 2 aromatic rings. The van der Waals surface area contributed by atoms with E-state index < -0.39 is 0 Å². The average molecular weight is 416 g/mol. The van der Waals surface area contributed by atoms with E-state index in [-0.39, 0.29) is 6.29 Å². The van der Waals surface area contributed by atoms with Gasteiger partial charge in [0.1, 0.15) is 0 Å². The molecule has 3 aliphatic rings. The Balaban J connectivity index is 1.46. The van der Waals surface area contributed by atoms with Gasteiger partial charge in [0.25, 0.3) is 0 Å². The molecule has 0 amide bonds. The Bertz CT molecular complexity index is 949. The number of rotatable bonds is 5. The van der Waals surface area contributed by atoms with Crippen LogP contribution in [-0.2, 0) is 9.47 Å². The SMILES string of the molecule is C1=C(N2CCCCC2)c2ccccc2/C(=C\CCOC2CCCCO2)c2ccccc21. The van der Waals surface area contributed by atoms with Crippen molar-refractivity contribution in [3.05, 3.63) is 76.9 Å². The maximum Gasteiger partial charge on any atom is 0.157 e. The second-order valence-electron chi connectivity index (χ2n) is 8.78. The number of nitrogens with zero attached hydrogens (tertiary/aromatic N) is 1. The summed E-state index contributed by atoms with van der Waals surface area (Å²) < 4.78 is 11.7. The summed E-state index contributed by atoms with van der Waals surface area (Å²) in [5.41, 5.74) is 8.00. The van der Waals surface area contributed by atoms with Gasteiger partial charge in [0.15, 0.2) is 6.29 Å². The van der Waals surface area contributed by atoms with Gasteiger partial charge < -0.3 is 14.4 Å². The topological polar surface area (TPSA) is 21.7 Å². The number of benzene rings is 2. The van der Waals surface area contributed by atoms with Crippen molar-refractivity contribution < 1.29 is 9.47 Å². The Kier molecular flexibility index (Phi) is 6.52. The fourth-order valence-electron chi connectivity index (χ4n) is 5.04. The van der Waals surface area contributed by atoms with Gasteiger partial charge in [0.2, 0.25) is 0 Å². The van der Waals surface area contributed by atoms with Crippen LogP contribution < -0.4 is 0 Å². The fourth-order valence-corrected chi connectivity index (χ4v) is 5.04. The molecule has 0 radical (unpaired) electrons. The van der Waals surface area contributed by atoms with Crippen molar-refractivity contribution in [3.8, 4) is 0 Å². The third-order valence-corrected chi connectivity index (χ3v) is 6.64. The Labute approximate surface area is 186 Å². The molecule has 31 heavy (non-hydrogen) atoms. The quantitative estimate of drug-likeness (QED) is 0.531. The smallest absolute Gasteiger partial charge is 0.157 e. The van der Waals surface area contributed by atoms with Gasteiger partial charge >= 0.3 is 0 Å². The van der Waals surface area contributed by atoms with Crippen LogP contribution in [0, 0.1) is 0 Å². The fraction of sp³-hybridized carbons (Fsp3) is 0.429. The third kappa shape index (κ3) is 4.63. The van der Waals surface area contributed by atoms with Gasteiger partial charge in [-0.15, -0.1) is 0 Å². The summed E-state index contributed by atoms with van der Waals surface area (Å²) >= 11 is 0. The number of hydrogen-bond donors (Lipinski definition) is 0. The highest BCUT2D eigenvalue weighted by Crippen LogP contribution is 2.39. The summed E-state index contributed by atoms with van der Waals surface area (Å²) in [6, 6.07) is 17.7. The van der Waals surface area contributed by atoms with E-state index in [9.17, 15) is 0 Å². The summed E-state index contributed by atoms with van der Waals surface area (Å²) in [5.74, 6) is 0. The molecule has 3 nitrogen and oxygen atoms in total. The molecule has 5 rings (SSSR count). The maximum absolute atomic E-state index is 6.01. The van der Waals surface area contributed by atoms with Crippen molar-refractivity contribution in [3.63, 3.8) is 0 Å². The van der Waals surface area contributed by atoms with Crippen molar-refractivity contribution >= 4 is 17.3 Å². The summed E-state index contributed by atoms with van der Waals surface area (Å²) in [6.07, 6.45) is 12.9. The van der Waals surface area contributed by atoms with Crippen LogP contribution in [0.1, 0.15) is 67.2 Å². The minimum Gasteiger partial charge on any atom is -0.371 e. The molecule has 162 valence electrons. The van der Waals surface area contributed by atoms with Gasteiger partial charge in [0.05, 0.1) is 6.61 Å². The molecule has 0 spiro atoms. The molecule has 0 aromatic heterocycles. The van der Waals surface area contributed by atoms with Crippen molar-refractivity contribution in [2.45, 2.75) is 51.2 Å². The summed E-state index contributed by atoms with van der Waals surface area (Å²) in [5, 5.41) is 0. The number of likely N-dealkylation sites (tertiary alicyclic amines) is 1. The Morgan fingerprint density at radius 3 is 2.45 bits per heavy atom. The van der Waals surface area contributed by atoms with Crippen LogP contribution in [0.3, 0.4) is 0 Å². The highest BCUT2D eigenvalue weighted by atomic mass is 16.7. The first kappa shape index (κ1) is 20.5. The predicted octanol–water partition coefficient (Wildman–Crippen LogP) is 6.35. The van der Waals surface area contributed by atoms with Crippen molar-refractivity contribution in [1.82, 2.24) is 4.90 Å². The van der Waals surface area contributed by atoms with E-state index in [4.69, 9.17) is 9.47 Å². The zero-order chi connectivity index (χ0) is 20.9. The molecule has 0 saturated carbocycles. The third-order valence-electron chi connectivity index (χ3n) is 6.64. The molecule has 1 unspecified atom stereocenters. The van der Waals surface area contributed by atoms with Crippen LogP contribution in [-0.4, -0.2) is 37.5 Å². The summed E-state index contributed by atoms with van der Waals surface area (Å²) in [4.78, 5) is 2.59. The molecule has 0 bridgehead atoms. The van der Waals surface area contributed by atoms with Crippen LogP contribution in [0.2, 0.25) is 0 Å². The number of ether oxygens (including phenoxy) is 2. The molecule has 2 aliphatic heterocycles. The highest BCUT2D eigenvalue weighted by Gasteiger charge is 2.23. The Hall–Kier alpha value is -2.36. The van der Waals surface area contributed by atoms with Crippen LogP contribution in [0.25, 0.3) is 17.3 Å². The molecule has 3 heteroatoms. The average Bonchev–Trinajstić information content (AvgIpc) is 2.98. The maximum atomic E-state index is 6.01. The zero-order valence-corrected chi connectivity index (χ0v) is 18.4. The minimum absolute atomic E-state index is 0.0202. The van der Waals surface area contributed by atoms with E-state index >= 15 is 0 Å². The van der Waals surface area contributed by atoms with Gasteiger partial charge in [-0.1, -0.05) is 54.6 Å². The minimum atomic E-state index is -0.0202. The monoisotopic (exact) mass is 415 g/mol. The lowest BCUT2D eigenvalue weighted by atomic mass is 9.92. The first-order valence-corrected chi connectivity index (χ1v) is 12.0. The second-order valence-corrected chi connectivity index (χ2v) is 8.78. The second kappa shape index (κ2) is 9.84. The van der Waals surface area contributed by atoms with Gasteiger partial charge in [-0.05, 0) is 73.3 Å². The van der Waals surface area contributed by atoms with Crippen molar-refractivity contribution in [2.75, 3.05) is 26.3 Å². The lowest BCUT2D eigenvalue weighted by molar-refractivity contribution is -0.161. The van der Waals surface area contributed by atoms with Gasteiger partial charge in [-0.25, -0.2) is 0 Å². The zero-order valence-electron chi connectivity index (χ0n) is 18.4. The molecule has 2 fully saturated rings. The largest absolute Gasteiger partial charge is 0.371 e. The van der Waals surface area contributed by atoms with E-state index in [0.717, 1.165) is 39.0 Å². The number of hydrogen-bond acceptors (Lipinski definition) is 3. The van der Waals surface area contributed by atoms with Crippen molar-refractivity contribution in [2.24, 2.45) is 0 Å². The first-order valence-electron chi connectivity index (χ1n) is 12.0. The molecule has 1 aliphatic carbocycles. The first-order chi connectivity index (χ1) is 15.4. The van der Waals surface area contributed by atoms with E-state index in [1.165, 1.54) is 59.2 Å². The van der Waals surface area contributed by atoms with Gasteiger partial charge in [-0.3, -0.25) is 0 Å². The molecule has 2 aromatic carbocycles. The predicted molar refractivity (Wildman–Crippen MR) is 127 cm³/mol. The van der Waals surface area contributed by atoms with E-state index in [1.807, 2.05) is 0 Å². The van der Waals surface area contributed by atoms with E-state index in [0.29, 0.717) is 6.61 Å². The van der Waals surface area contributed by atoms with Crippen molar-refractivity contribution in [1.29, 1.82) is 0 Å². The molecular formula is C28H33NO2. The molecule has 0 N–H and O–H groups in total. The summed E-state index contributed by atoms with van der Waals surface area (Å²) in [6.45, 7) is 3.83. The van der Waals surface area contributed by atoms with Crippen LogP contribution in [0.15, 0.2) is 54.6 Å². The highest BCUT2D eigenvalue weighted by molar-refractivity contribution is 5.97. The number of piperidine rings is 1. The normalized spacial score (nSPS) is 22.5. The number of fused-ring (bicyclic) bond motifs is 2. The lowest BCUT2D eigenvalue weighted by Crippen LogP contribution is -2.28.